The van der Waals surface area contributed by atoms with Crippen LogP contribution >= 0.6 is 0 Å². The molecule has 0 spiro atoms. The van der Waals surface area contributed by atoms with Crippen LogP contribution in [0.5, 0.6) is 0 Å². The highest BCUT2D eigenvalue weighted by molar-refractivity contribution is 7.90. The van der Waals surface area contributed by atoms with Crippen molar-refractivity contribution in [1.82, 2.24) is 0 Å². The Morgan fingerprint density at radius 3 is 2.76 bits per heavy atom. The van der Waals surface area contributed by atoms with E-state index in [0.29, 0.717) is 18.7 Å². The van der Waals surface area contributed by atoms with Crippen LogP contribution in [0.25, 0.3) is 0 Å². The number of nitrogens with zero attached hydrogens (tertiary/aromatic N) is 1. The fourth-order valence-electron chi connectivity index (χ4n) is 1.32. The van der Waals surface area contributed by atoms with Gasteiger partial charge in [-0.3, -0.25) is 0 Å². The first-order valence-electron chi connectivity index (χ1n) is 5.03. The third-order valence-electron chi connectivity index (χ3n) is 2.11. The van der Waals surface area contributed by atoms with Gasteiger partial charge in [-0.05, 0) is 24.6 Å². The molecule has 0 bridgehead atoms. The lowest BCUT2D eigenvalue weighted by molar-refractivity contribution is 0.600. The third-order valence-corrected chi connectivity index (χ3v) is 3.14. The Balaban J connectivity index is 2.56. The topological polar surface area (TPSA) is 70.0 Å². The molecule has 0 aliphatic rings. The van der Waals surface area contributed by atoms with Crippen LogP contribution in [0.2, 0.25) is 0 Å². The van der Waals surface area contributed by atoms with E-state index in [4.69, 9.17) is 5.26 Å². The van der Waals surface area contributed by atoms with Crippen LogP contribution in [0.1, 0.15) is 12.0 Å². The fraction of sp³-hybridized carbons (Fsp3) is 0.364. The molecule has 0 amide bonds. The molecule has 4 nitrogen and oxygen atoms in total. The molecule has 6 heteroatoms. The first kappa shape index (κ1) is 13.5. The lowest BCUT2D eigenvalue weighted by Gasteiger charge is -2.07. The highest BCUT2D eigenvalue weighted by Gasteiger charge is 2.04. The molecule has 0 heterocycles. The highest BCUT2D eigenvalue weighted by atomic mass is 32.2. The van der Waals surface area contributed by atoms with Crippen LogP contribution in [0.4, 0.5) is 10.1 Å². The zero-order chi connectivity index (χ0) is 12.9. The summed E-state index contributed by atoms with van der Waals surface area (Å²) in [7, 11) is -2.97. The maximum Gasteiger partial charge on any atom is 0.147 e. The van der Waals surface area contributed by atoms with E-state index in [1.165, 1.54) is 18.4 Å². The summed E-state index contributed by atoms with van der Waals surface area (Å²) in [5.74, 6) is -0.383. The van der Waals surface area contributed by atoms with Crippen molar-refractivity contribution in [2.24, 2.45) is 0 Å². The number of sulfone groups is 1. The lowest BCUT2D eigenvalue weighted by Crippen LogP contribution is -2.10. The maximum absolute atomic E-state index is 12.8. The second kappa shape index (κ2) is 5.64. The summed E-state index contributed by atoms with van der Waals surface area (Å²) in [6.07, 6.45) is 1.62. The molecule has 1 aromatic rings. The second-order valence-electron chi connectivity index (χ2n) is 3.71. The van der Waals surface area contributed by atoms with Crippen molar-refractivity contribution >= 4 is 15.5 Å². The number of benzene rings is 1. The first-order valence-corrected chi connectivity index (χ1v) is 7.09. The molecule has 17 heavy (non-hydrogen) atoms. The molecule has 0 radical (unpaired) electrons. The van der Waals surface area contributed by atoms with Gasteiger partial charge in [0.1, 0.15) is 21.7 Å². The second-order valence-corrected chi connectivity index (χ2v) is 5.97. The van der Waals surface area contributed by atoms with E-state index < -0.39 is 15.7 Å². The molecular weight excluding hydrogens is 243 g/mol. The van der Waals surface area contributed by atoms with Crippen molar-refractivity contribution in [2.75, 3.05) is 23.9 Å². The molecule has 1 N–H and O–H groups in total. The van der Waals surface area contributed by atoms with Gasteiger partial charge >= 0.3 is 0 Å². The molecule has 0 fully saturated rings. The van der Waals surface area contributed by atoms with Gasteiger partial charge in [0, 0.05) is 12.8 Å². The lowest BCUT2D eigenvalue weighted by atomic mass is 10.2. The van der Waals surface area contributed by atoms with Crippen LogP contribution in [0, 0.1) is 17.1 Å². The number of rotatable bonds is 5. The highest BCUT2D eigenvalue weighted by Crippen LogP contribution is 2.15. The summed E-state index contributed by atoms with van der Waals surface area (Å²) >= 11 is 0. The SMILES string of the molecule is CS(=O)(=O)CCCNc1ccc(F)cc1C#N. The zero-order valence-electron chi connectivity index (χ0n) is 9.40. The van der Waals surface area contributed by atoms with Gasteiger partial charge in [-0.2, -0.15) is 5.26 Å². The van der Waals surface area contributed by atoms with E-state index in [1.54, 1.807) is 0 Å². The van der Waals surface area contributed by atoms with Crippen LogP contribution in [-0.2, 0) is 9.84 Å². The number of hydrogen-bond donors (Lipinski definition) is 1. The van der Waals surface area contributed by atoms with Gasteiger partial charge in [0.05, 0.1) is 17.0 Å². The molecule has 0 saturated heterocycles. The smallest absolute Gasteiger partial charge is 0.147 e. The normalized spacial score (nSPS) is 10.9. The van der Waals surface area contributed by atoms with Gasteiger partial charge in [0.2, 0.25) is 0 Å². The minimum atomic E-state index is -2.97. The minimum Gasteiger partial charge on any atom is -0.384 e. The molecule has 0 saturated carbocycles. The average molecular weight is 256 g/mol. The Kier molecular flexibility index (Phi) is 4.46. The predicted molar refractivity (Wildman–Crippen MR) is 63.9 cm³/mol. The largest absolute Gasteiger partial charge is 0.384 e. The summed E-state index contributed by atoms with van der Waals surface area (Å²) in [5, 5.41) is 11.7. The number of anilines is 1. The van der Waals surface area contributed by atoms with Gasteiger partial charge in [-0.15, -0.1) is 0 Å². The van der Waals surface area contributed by atoms with Gasteiger partial charge < -0.3 is 5.32 Å². The van der Waals surface area contributed by atoms with Crippen LogP contribution in [0.15, 0.2) is 18.2 Å². The van der Waals surface area contributed by atoms with E-state index in [2.05, 4.69) is 5.32 Å². The van der Waals surface area contributed by atoms with Crippen molar-refractivity contribution in [3.8, 4) is 6.07 Å². The molecule has 0 aliphatic carbocycles. The Labute approximate surface area is 100.0 Å². The van der Waals surface area contributed by atoms with Crippen molar-refractivity contribution in [1.29, 1.82) is 5.26 Å². The van der Waals surface area contributed by atoms with E-state index >= 15 is 0 Å². The van der Waals surface area contributed by atoms with E-state index in [-0.39, 0.29) is 11.3 Å². The molecule has 92 valence electrons. The Morgan fingerprint density at radius 1 is 1.47 bits per heavy atom. The first-order chi connectivity index (χ1) is 7.92. The average Bonchev–Trinajstić information content (AvgIpc) is 2.24. The summed E-state index contributed by atoms with van der Waals surface area (Å²) in [4.78, 5) is 0. The van der Waals surface area contributed by atoms with Crippen molar-refractivity contribution in [2.45, 2.75) is 6.42 Å². The predicted octanol–water partition coefficient (Wildman–Crippen LogP) is 1.54. The zero-order valence-corrected chi connectivity index (χ0v) is 10.2. The summed E-state index contributed by atoms with van der Waals surface area (Å²) in [5.41, 5.74) is 0.728. The van der Waals surface area contributed by atoms with Crippen molar-refractivity contribution in [3.63, 3.8) is 0 Å². The molecule has 1 aromatic carbocycles. The minimum absolute atomic E-state index is 0.0864. The quantitative estimate of drug-likeness (QED) is 0.811. The van der Waals surface area contributed by atoms with Crippen LogP contribution in [0.3, 0.4) is 0 Å². The van der Waals surface area contributed by atoms with Gasteiger partial charge in [-0.1, -0.05) is 0 Å². The molecule has 0 unspecified atom stereocenters. The summed E-state index contributed by atoms with van der Waals surface area (Å²) < 4.78 is 34.6. The molecular formula is C11H13FN2O2S. The Morgan fingerprint density at radius 2 is 2.18 bits per heavy atom. The molecule has 0 atom stereocenters. The van der Waals surface area contributed by atoms with E-state index in [0.717, 1.165) is 6.07 Å². The van der Waals surface area contributed by atoms with Crippen molar-refractivity contribution in [3.05, 3.63) is 29.6 Å². The molecule has 0 aliphatic heterocycles. The van der Waals surface area contributed by atoms with E-state index in [9.17, 15) is 12.8 Å². The number of halogens is 1. The van der Waals surface area contributed by atoms with E-state index in [1.807, 2.05) is 6.07 Å². The van der Waals surface area contributed by atoms with Gasteiger partial charge in [0.25, 0.3) is 0 Å². The van der Waals surface area contributed by atoms with Gasteiger partial charge in [0.15, 0.2) is 0 Å². The Hall–Kier alpha value is -1.61. The van der Waals surface area contributed by atoms with Crippen LogP contribution in [-0.4, -0.2) is 27.0 Å². The van der Waals surface area contributed by atoms with Gasteiger partial charge in [-0.25, -0.2) is 12.8 Å². The Bertz CT molecular complexity index is 535. The maximum atomic E-state index is 12.8. The fourth-order valence-corrected chi connectivity index (χ4v) is 1.99. The standard InChI is InChI=1S/C11H13FN2O2S/c1-17(15,16)6-2-5-14-11-4-3-10(12)7-9(11)8-13/h3-4,7,14H,2,5-6H2,1H3. The monoisotopic (exact) mass is 256 g/mol. The molecule has 0 aromatic heterocycles. The number of nitrogens with one attached hydrogen (secondary N) is 1. The summed E-state index contributed by atoms with van der Waals surface area (Å²) in [6.45, 7) is 0.424. The molecule has 1 rings (SSSR count). The third kappa shape index (κ3) is 4.83. The number of hydrogen-bond acceptors (Lipinski definition) is 4. The van der Waals surface area contributed by atoms with Crippen LogP contribution < -0.4 is 5.32 Å². The van der Waals surface area contributed by atoms with Crippen molar-refractivity contribution < 1.29 is 12.8 Å². The summed E-state index contributed by atoms with van der Waals surface area (Å²) in [6, 6.07) is 5.73. The number of nitriles is 1.